The summed E-state index contributed by atoms with van der Waals surface area (Å²) < 4.78 is 0. The van der Waals surface area contributed by atoms with E-state index in [2.05, 4.69) is 4.98 Å². The van der Waals surface area contributed by atoms with Crippen molar-refractivity contribution in [1.29, 1.82) is 0 Å². The van der Waals surface area contributed by atoms with Gasteiger partial charge in [-0.2, -0.15) is 0 Å². The van der Waals surface area contributed by atoms with E-state index in [1.54, 1.807) is 6.92 Å². The zero-order chi connectivity index (χ0) is 14.9. The highest BCUT2D eigenvalue weighted by Gasteiger charge is 2.37. The van der Waals surface area contributed by atoms with E-state index in [0.29, 0.717) is 31.7 Å². The van der Waals surface area contributed by atoms with E-state index in [0.717, 1.165) is 6.20 Å². The molecule has 2 heterocycles. The van der Waals surface area contributed by atoms with Crippen LogP contribution in [-0.2, 0) is 4.79 Å². The fraction of sp³-hybridized carbons (Fsp3) is 0.500. The molecule has 0 radical (unpaired) electrons. The zero-order valence-corrected chi connectivity index (χ0v) is 11.6. The Labute approximate surface area is 120 Å². The maximum atomic E-state index is 11.2. The standard InChI is InChI=1S/C12H14ClN3O4/c1-12(11(17)18)2-4-15(5-3-12)10-9(13)6-8(7-14-10)16(19)20/h6-7H,2-5H2,1H3,(H,17,18). The average molecular weight is 300 g/mol. The number of hydrogen-bond acceptors (Lipinski definition) is 5. The van der Waals surface area contributed by atoms with Crippen LogP contribution in [0.3, 0.4) is 0 Å². The Morgan fingerprint density at radius 2 is 2.15 bits per heavy atom. The Hall–Kier alpha value is -1.89. The molecule has 1 aromatic rings. The normalized spacial score (nSPS) is 17.8. The molecule has 1 aliphatic rings. The largest absolute Gasteiger partial charge is 0.481 e. The predicted octanol–water partition coefficient (Wildman–Crippen LogP) is 2.33. The van der Waals surface area contributed by atoms with Crippen LogP contribution in [-0.4, -0.2) is 34.1 Å². The van der Waals surface area contributed by atoms with Gasteiger partial charge in [0.05, 0.1) is 15.4 Å². The molecule has 0 spiro atoms. The third kappa shape index (κ3) is 2.67. The maximum Gasteiger partial charge on any atom is 0.309 e. The van der Waals surface area contributed by atoms with Gasteiger partial charge >= 0.3 is 5.97 Å². The third-order valence-corrected chi connectivity index (χ3v) is 3.98. The molecule has 20 heavy (non-hydrogen) atoms. The van der Waals surface area contributed by atoms with Gasteiger partial charge in [0.2, 0.25) is 0 Å². The number of aromatic nitrogens is 1. The van der Waals surface area contributed by atoms with Crippen molar-refractivity contribution >= 4 is 29.1 Å². The first kappa shape index (κ1) is 14.5. The summed E-state index contributed by atoms with van der Waals surface area (Å²) in [4.78, 5) is 27.1. The molecule has 0 aliphatic carbocycles. The van der Waals surface area contributed by atoms with Gasteiger partial charge in [-0.05, 0) is 19.8 Å². The smallest absolute Gasteiger partial charge is 0.309 e. The Kier molecular flexibility index (Phi) is 3.80. The van der Waals surface area contributed by atoms with Crippen molar-refractivity contribution in [1.82, 2.24) is 4.98 Å². The summed E-state index contributed by atoms with van der Waals surface area (Å²) in [6.45, 7) is 2.73. The van der Waals surface area contributed by atoms with Crippen molar-refractivity contribution in [2.45, 2.75) is 19.8 Å². The fourth-order valence-electron chi connectivity index (χ4n) is 2.18. The summed E-state index contributed by atoms with van der Waals surface area (Å²) in [5.74, 6) is -0.343. The van der Waals surface area contributed by atoms with E-state index in [9.17, 15) is 20.0 Å². The van der Waals surface area contributed by atoms with Gasteiger partial charge in [0, 0.05) is 19.2 Å². The minimum Gasteiger partial charge on any atom is -0.481 e. The molecule has 1 aromatic heterocycles. The van der Waals surface area contributed by atoms with Gasteiger partial charge < -0.3 is 10.0 Å². The van der Waals surface area contributed by atoms with Crippen LogP contribution in [0.25, 0.3) is 0 Å². The number of carbonyl (C=O) groups is 1. The molecule has 1 fully saturated rings. The van der Waals surface area contributed by atoms with Crippen molar-refractivity contribution in [2.24, 2.45) is 5.41 Å². The monoisotopic (exact) mass is 299 g/mol. The summed E-state index contributed by atoms with van der Waals surface area (Å²) in [6, 6.07) is 1.26. The van der Waals surface area contributed by atoms with Crippen molar-refractivity contribution in [3.8, 4) is 0 Å². The lowest BCUT2D eigenvalue weighted by Gasteiger charge is -2.37. The second-order valence-corrected chi connectivity index (χ2v) is 5.52. The molecule has 1 N–H and O–H groups in total. The zero-order valence-electron chi connectivity index (χ0n) is 10.9. The molecule has 108 valence electrons. The first-order valence-electron chi connectivity index (χ1n) is 6.12. The molecule has 0 atom stereocenters. The molecular weight excluding hydrogens is 286 g/mol. The van der Waals surface area contributed by atoms with Gasteiger partial charge in [-0.3, -0.25) is 14.9 Å². The molecule has 1 aliphatic heterocycles. The van der Waals surface area contributed by atoms with Crippen molar-refractivity contribution < 1.29 is 14.8 Å². The number of pyridine rings is 1. The number of anilines is 1. The molecule has 2 rings (SSSR count). The van der Waals surface area contributed by atoms with Crippen LogP contribution in [0, 0.1) is 15.5 Å². The lowest BCUT2D eigenvalue weighted by Crippen LogP contribution is -2.43. The Morgan fingerprint density at radius 1 is 1.55 bits per heavy atom. The van der Waals surface area contributed by atoms with Crippen LogP contribution >= 0.6 is 11.6 Å². The van der Waals surface area contributed by atoms with Crippen LogP contribution in [0.2, 0.25) is 5.02 Å². The molecule has 0 bridgehead atoms. The fourth-order valence-corrected chi connectivity index (χ4v) is 2.46. The number of aliphatic carboxylic acids is 1. The van der Waals surface area contributed by atoms with Gasteiger partial charge in [0.1, 0.15) is 12.0 Å². The Balaban J connectivity index is 2.15. The van der Waals surface area contributed by atoms with Crippen molar-refractivity contribution in [3.05, 3.63) is 27.4 Å². The quantitative estimate of drug-likeness (QED) is 0.679. The number of halogens is 1. The number of hydrogen-bond donors (Lipinski definition) is 1. The van der Waals surface area contributed by atoms with E-state index >= 15 is 0 Å². The van der Waals surface area contributed by atoms with Crippen LogP contribution in [0.15, 0.2) is 12.3 Å². The van der Waals surface area contributed by atoms with E-state index in [1.807, 2.05) is 4.90 Å². The molecule has 0 saturated carbocycles. The van der Waals surface area contributed by atoms with E-state index < -0.39 is 16.3 Å². The molecule has 7 nitrogen and oxygen atoms in total. The number of piperidine rings is 1. The number of nitro groups is 1. The lowest BCUT2D eigenvalue weighted by atomic mass is 9.80. The Bertz CT molecular complexity index is 556. The minimum absolute atomic E-state index is 0.161. The highest BCUT2D eigenvalue weighted by atomic mass is 35.5. The van der Waals surface area contributed by atoms with Gasteiger partial charge in [0.25, 0.3) is 5.69 Å². The molecule has 0 amide bonds. The van der Waals surface area contributed by atoms with Gasteiger partial charge in [-0.25, -0.2) is 4.98 Å². The molecular formula is C12H14ClN3O4. The number of nitrogens with zero attached hydrogens (tertiary/aromatic N) is 3. The van der Waals surface area contributed by atoms with Crippen LogP contribution in [0.5, 0.6) is 0 Å². The highest BCUT2D eigenvalue weighted by molar-refractivity contribution is 6.33. The summed E-state index contributed by atoms with van der Waals surface area (Å²) in [6.07, 6.45) is 2.13. The van der Waals surface area contributed by atoms with Crippen molar-refractivity contribution in [2.75, 3.05) is 18.0 Å². The topological polar surface area (TPSA) is 96.6 Å². The highest BCUT2D eigenvalue weighted by Crippen LogP contribution is 2.35. The summed E-state index contributed by atoms with van der Waals surface area (Å²) >= 11 is 6.02. The molecule has 8 heteroatoms. The maximum absolute atomic E-state index is 11.2. The lowest BCUT2D eigenvalue weighted by molar-refractivity contribution is -0.385. The van der Waals surface area contributed by atoms with Crippen molar-refractivity contribution in [3.63, 3.8) is 0 Å². The van der Waals surface area contributed by atoms with E-state index in [-0.39, 0.29) is 10.7 Å². The number of carboxylic acids is 1. The number of carboxylic acid groups (broad SMARTS) is 1. The van der Waals surface area contributed by atoms with Crippen LogP contribution in [0.4, 0.5) is 11.5 Å². The average Bonchev–Trinajstić information content (AvgIpc) is 2.39. The first-order valence-corrected chi connectivity index (χ1v) is 6.49. The summed E-state index contributed by atoms with van der Waals surface area (Å²) in [7, 11) is 0. The van der Waals surface area contributed by atoms with Gasteiger partial charge in [-0.15, -0.1) is 0 Å². The summed E-state index contributed by atoms with van der Waals surface area (Å²) in [5.41, 5.74) is -0.893. The number of rotatable bonds is 3. The summed E-state index contributed by atoms with van der Waals surface area (Å²) in [5, 5.41) is 20.0. The predicted molar refractivity (Wildman–Crippen MR) is 73.1 cm³/mol. The third-order valence-electron chi connectivity index (χ3n) is 3.70. The minimum atomic E-state index is -0.806. The molecule has 0 unspecified atom stereocenters. The second kappa shape index (κ2) is 5.24. The van der Waals surface area contributed by atoms with Crippen LogP contribution in [0.1, 0.15) is 19.8 Å². The van der Waals surface area contributed by atoms with Gasteiger partial charge in [-0.1, -0.05) is 11.6 Å². The van der Waals surface area contributed by atoms with Crippen LogP contribution < -0.4 is 4.90 Å². The van der Waals surface area contributed by atoms with E-state index in [1.165, 1.54) is 6.07 Å². The van der Waals surface area contributed by atoms with E-state index in [4.69, 9.17) is 11.6 Å². The second-order valence-electron chi connectivity index (χ2n) is 5.11. The first-order chi connectivity index (χ1) is 9.33. The SMILES string of the molecule is CC1(C(=O)O)CCN(c2ncc([N+](=O)[O-])cc2Cl)CC1. The molecule has 0 aromatic carbocycles. The Morgan fingerprint density at radius 3 is 2.60 bits per heavy atom. The van der Waals surface area contributed by atoms with Gasteiger partial charge in [0.15, 0.2) is 0 Å². The molecule has 1 saturated heterocycles.